The van der Waals surface area contributed by atoms with Gasteiger partial charge in [-0.1, -0.05) is 0 Å². The van der Waals surface area contributed by atoms with Crippen molar-refractivity contribution < 1.29 is 17.9 Å². The second-order valence-corrected chi connectivity index (χ2v) is 8.59. The lowest BCUT2D eigenvalue weighted by Crippen LogP contribution is -2.41. The van der Waals surface area contributed by atoms with E-state index in [0.29, 0.717) is 37.6 Å². The molecule has 2 saturated heterocycles. The van der Waals surface area contributed by atoms with Crippen LogP contribution in [0.1, 0.15) is 31.2 Å². The van der Waals surface area contributed by atoms with Crippen LogP contribution in [0.3, 0.4) is 0 Å². The van der Waals surface area contributed by atoms with Crippen molar-refractivity contribution in [2.24, 2.45) is 0 Å². The molecule has 1 aromatic carbocycles. The predicted octanol–water partition coefficient (Wildman–Crippen LogP) is 2.23. The average molecular weight is 367 g/mol. The lowest BCUT2D eigenvalue weighted by Gasteiger charge is -2.29. The van der Waals surface area contributed by atoms with Gasteiger partial charge in [0.2, 0.25) is 10.0 Å². The van der Waals surface area contributed by atoms with Crippen molar-refractivity contribution in [1.82, 2.24) is 5.32 Å². The number of hydrogen-bond acceptors (Lipinski definition) is 4. The van der Waals surface area contributed by atoms with Gasteiger partial charge in [0.1, 0.15) is 0 Å². The molecule has 2 amide bonds. The molecule has 8 heteroatoms. The number of rotatable bonds is 3. The molecule has 0 unspecified atom stereocenters. The number of carbonyl (C=O) groups is 1. The maximum Gasteiger partial charge on any atom is 0.319 e. The first-order chi connectivity index (χ1) is 12.0. The van der Waals surface area contributed by atoms with E-state index in [2.05, 4.69) is 10.6 Å². The molecule has 0 aromatic heterocycles. The standard InChI is InChI=1S/C17H25N3O4S/c1-13-12-15(19-17(21)18-14-6-9-24-10-7-14)4-5-16(13)20-8-2-3-11-25(20,22)23/h4-5,12,14H,2-3,6-11H2,1H3,(H2,18,19,21). The molecule has 2 aliphatic heterocycles. The van der Waals surface area contributed by atoms with Gasteiger partial charge >= 0.3 is 6.03 Å². The first-order valence-electron chi connectivity index (χ1n) is 8.72. The number of benzene rings is 1. The summed E-state index contributed by atoms with van der Waals surface area (Å²) in [5.74, 6) is 0.194. The highest BCUT2D eigenvalue weighted by molar-refractivity contribution is 7.92. The van der Waals surface area contributed by atoms with Gasteiger partial charge < -0.3 is 15.4 Å². The van der Waals surface area contributed by atoms with Gasteiger partial charge in [0.25, 0.3) is 0 Å². The Morgan fingerprint density at radius 1 is 1.24 bits per heavy atom. The summed E-state index contributed by atoms with van der Waals surface area (Å²) in [6.07, 6.45) is 3.21. The highest BCUT2D eigenvalue weighted by Gasteiger charge is 2.27. The second-order valence-electron chi connectivity index (χ2n) is 6.58. The van der Waals surface area contributed by atoms with Gasteiger partial charge in [-0.3, -0.25) is 4.31 Å². The highest BCUT2D eigenvalue weighted by Crippen LogP contribution is 2.28. The maximum absolute atomic E-state index is 12.3. The molecule has 3 rings (SSSR count). The molecule has 0 spiro atoms. The number of sulfonamides is 1. The van der Waals surface area contributed by atoms with Gasteiger partial charge in [0.05, 0.1) is 11.4 Å². The Hall–Kier alpha value is -1.80. The third kappa shape index (κ3) is 4.43. The Kier molecular flexibility index (Phi) is 5.48. The Balaban J connectivity index is 1.66. The Morgan fingerprint density at radius 3 is 2.68 bits per heavy atom. The fraction of sp³-hybridized carbons (Fsp3) is 0.588. The van der Waals surface area contributed by atoms with Gasteiger partial charge in [-0.2, -0.15) is 0 Å². The number of aryl methyl sites for hydroxylation is 1. The van der Waals surface area contributed by atoms with Crippen LogP contribution < -0.4 is 14.9 Å². The molecule has 2 fully saturated rings. The molecule has 0 aliphatic carbocycles. The topological polar surface area (TPSA) is 87.7 Å². The van der Waals surface area contributed by atoms with Crippen molar-refractivity contribution >= 4 is 27.4 Å². The number of nitrogens with zero attached hydrogens (tertiary/aromatic N) is 1. The average Bonchev–Trinajstić information content (AvgIpc) is 2.56. The summed E-state index contributed by atoms with van der Waals surface area (Å²) in [6.45, 7) is 3.72. The van der Waals surface area contributed by atoms with E-state index in [-0.39, 0.29) is 17.8 Å². The predicted molar refractivity (Wildman–Crippen MR) is 97.5 cm³/mol. The number of carbonyl (C=O) groups excluding carboxylic acids is 1. The molecule has 2 heterocycles. The number of ether oxygens (including phenoxy) is 1. The summed E-state index contributed by atoms with van der Waals surface area (Å²) >= 11 is 0. The number of anilines is 2. The van der Waals surface area contributed by atoms with Crippen LogP contribution in [0.2, 0.25) is 0 Å². The van der Waals surface area contributed by atoms with E-state index >= 15 is 0 Å². The zero-order chi connectivity index (χ0) is 17.9. The van der Waals surface area contributed by atoms with Gasteiger partial charge in [0.15, 0.2) is 0 Å². The van der Waals surface area contributed by atoms with E-state index in [0.717, 1.165) is 24.8 Å². The summed E-state index contributed by atoms with van der Waals surface area (Å²) < 4.78 is 31.3. The Bertz CT molecular complexity index is 729. The van der Waals surface area contributed by atoms with E-state index in [1.165, 1.54) is 4.31 Å². The molecule has 7 nitrogen and oxygen atoms in total. The summed E-state index contributed by atoms with van der Waals surface area (Å²) in [5, 5.41) is 5.76. The minimum absolute atomic E-state index is 0.132. The minimum atomic E-state index is -3.23. The fourth-order valence-corrected chi connectivity index (χ4v) is 4.97. The van der Waals surface area contributed by atoms with Gasteiger partial charge in [-0.15, -0.1) is 0 Å². The third-order valence-corrected chi connectivity index (χ3v) is 6.48. The van der Waals surface area contributed by atoms with Crippen LogP contribution in [0.4, 0.5) is 16.2 Å². The van der Waals surface area contributed by atoms with Crippen molar-refractivity contribution in [3.8, 4) is 0 Å². The quantitative estimate of drug-likeness (QED) is 0.857. The van der Waals surface area contributed by atoms with Crippen molar-refractivity contribution in [3.05, 3.63) is 23.8 Å². The zero-order valence-corrected chi connectivity index (χ0v) is 15.3. The molecule has 0 bridgehead atoms. The van der Waals surface area contributed by atoms with Crippen LogP contribution >= 0.6 is 0 Å². The molecule has 2 aliphatic rings. The van der Waals surface area contributed by atoms with Crippen molar-refractivity contribution in [3.63, 3.8) is 0 Å². The summed E-state index contributed by atoms with van der Waals surface area (Å²) in [4.78, 5) is 12.1. The molecular weight excluding hydrogens is 342 g/mol. The van der Waals surface area contributed by atoms with Crippen LogP contribution in [0.5, 0.6) is 0 Å². The van der Waals surface area contributed by atoms with Crippen molar-refractivity contribution in [2.75, 3.05) is 35.1 Å². The largest absolute Gasteiger partial charge is 0.381 e. The summed E-state index contributed by atoms with van der Waals surface area (Å²) in [5.41, 5.74) is 2.17. The molecule has 1 aromatic rings. The van der Waals surface area contributed by atoms with Crippen LogP contribution in [0.25, 0.3) is 0 Å². The molecule has 2 N–H and O–H groups in total. The lowest BCUT2D eigenvalue weighted by atomic mass is 10.1. The van der Waals surface area contributed by atoms with Crippen LogP contribution in [-0.2, 0) is 14.8 Å². The molecule has 25 heavy (non-hydrogen) atoms. The van der Waals surface area contributed by atoms with E-state index in [4.69, 9.17) is 4.74 Å². The Morgan fingerprint density at radius 2 is 2.00 bits per heavy atom. The first kappa shape index (κ1) is 18.0. The first-order valence-corrected chi connectivity index (χ1v) is 10.3. The van der Waals surface area contributed by atoms with Gasteiger partial charge in [-0.05, 0) is 56.4 Å². The monoisotopic (exact) mass is 367 g/mol. The number of urea groups is 1. The molecule has 138 valence electrons. The minimum Gasteiger partial charge on any atom is -0.381 e. The third-order valence-electron chi connectivity index (χ3n) is 4.63. The van der Waals surface area contributed by atoms with Crippen LogP contribution in [-0.4, -0.2) is 46.0 Å². The number of amides is 2. The van der Waals surface area contributed by atoms with Crippen LogP contribution in [0, 0.1) is 6.92 Å². The summed E-state index contributed by atoms with van der Waals surface area (Å²) in [7, 11) is -3.23. The smallest absolute Gasteiger partial charge is 0.319 e. The Labute approximate surface area is 148 Å². The second kappa shape index (κ2) is 7.61. The molecule has 0 atom stereocenters. The van der Waals surface area contributed by atoms with Gasteiger partial charge in [-0.25, -0.2) is 13.2 Å². The highest BCUT2D eigenvalue weighted by atomic mass is 32.2. The number of hydrogen-bond donors (Lipinski definition) is 2. The van der Waals surface area contributed by atoms with Crippen molar-refractivity contribution in [1.29, 1.82) is 0 Å². The lowest BCUT2D eigenvalue weighted by molar-refractivity contribution is 0.0806. The van der Waals surface area contributed by atoms with Crippen molar-refractivity contribution in [2.45, 2.75) is 38.6 Å². The normalized spacial score (nSPS) is 20.9. The van der Waals surface area contributed by atoms with E-state index in [1.54, 1.807) is 12.1 Å². The summed E-state index contributed by atoms with van der Waals surface area (Å²) in [6, 6.07) is 5.21. The molecule has 0 radical (unpaired) electrons. The van der Waals surface area contributed by atoms with E-state index in [1.807, 2.05) is 13.0 Å². The fourth-order valence-electron chi connectivity index (χ4n) is 3.27. The van der Waals surface area contributed by atoms with Crippen LogP contribution in [0.15, 0.2) is 18.2 Å². The van der Waals surface area contributed by atoms with E-state index in [9.17, 15) is 13.2 Å². The van der Waals surface area contributed by atoms with E-state index < -0.39 is 10.0 Å². The number of nitrogens with one attached hydrogen (secondary N) is 2. The SMILES string of the molecule is Cc1cc(NC(=O)NC2CCOCC2)ccc1N1CCCCS1(=O)=O. The maximum atomic E-state index is 12.3. The molecular formula is C17H25N3O4S. The zero-order valence-electron chi connectivity index (χ0n) is 14.5. The van der Waals surface area contributed by atoms with Gasteiger partial charge in [0, 0.05) is 31.5 Å². The molecule has 0 saturated carbocycles.